The Morgan fingerprint density at radius 3 is 2.50 bits per heavy atom. The van der Waals surface area contributed by atoms with E-state index in [0.717, 1.165) is 12.8 Å². The highest BCUT2D eigenvalue weighted by Crippen LogP contribution is 2.12. The molecule has 0 saturated heterocycles. The van der Waals surface area contributed by atoms with Crippen molar-refractivity contribution >= 4 is 5.97 Å². The molecule has 4 nitrogen and oxygen atoms in total. The minimum absolute atomic E-state index is 0.155. The Labute approximate surface area is 108 Å². The Morgan fingerprint density at radius 1 is 1.28 bits per heavy atom. The molecule has 1 rings (SSSR count). The zero-order valence-corrected chi connectivity index (χ0v) is 10.8. The van der Waals surface area contributed by atoms with Crippen molar-refractivity contribution in [1.82, 2.24) is 0 Å². The normalized spacial score (nSPS) is 12.1. The molecule has 0 fully saturated rings. The molecule has 100 valence electrons. The molecule has 0 radical (unpaired) electrons. The van der Waals surface area contributed by atoms with Crippen LogP contribution >= 0.6 is 0 Å². The second-order valence-electron chi connectivity index (χ2n) is 4.10. The van der Waals surface area contributed by atoms with Crippen LogP contribution in [0.1, 0.15) is 37.0 Å². The van der Waals surface area contributed by atoms with Crippen molar-refractivity contribution in [2.75, 3.05) is 13.2 Å². The van der Waals surface area contributed by atoms with Crippen LogP contribution in [0.15, 0.2) is 24.3 Å². The van der Waals surface area contributed by atoms with Gasteiger partial charge in [0.05, 0.1) is 25.3 Å². The average molecular weight is 251 g/mol. The first-order chi connectivity index (χ1) is 8.63. The summed E-state index contributed by atoms with van der Waals surface area (Å²) in [5.41, 5.74) is 0.155. The lowest BCUT2D eigenvalue weighted by molar-refractivity contribution is -0.255. The Balaban J connectivity index is 2.21. The van der Waals surface area contributed by atoms with Gasteiger partial charge < -0.3 is 19.4 Å². The van der Waals surface area contributed by atoms with E-state index >= 15 is 0 Å². The second kappa shape index (κ2) is 7.71. The standard InChI is InChI=1S/C14H20O4/c1-3-11(2)17-9-4-10-18-13-7-5-12(6-8-13)14(15)16/h5-8,11H,3-4,9-10H2,1-2H3,(H,15,16)/p-1. The fourth-order valence-electron chi connectivity index (χ4n) is 1.34. The number of carboxylic acids is 1. The van der Waals surface area contributed by atoms with Crippen molar-refractivity contribution in [3.05, 3.63) is 29.8 Å². The molecule has 1 atom stereocenters. The number of carbonyl (C=O) groups excluding carboxylic acids is 1. The number of ether oxygens (including phenoxy) is 2. The van der Waals surface area contributed by atoms with Gasteiger partial charge in [0.1, 0.15) is 5.75 Å². The number of hydrogen-bond donors (Lipinski definition) is 0. The van der Waals surface area contributed by atoms with Crippen LogP contribution in [0.25, 0.3) is 0 Å². The molecule has 0 aliphatic heterocycles. The molecule has 0 heterocycles. The number of carboxylic acid groups (broad SMARTS) is 1. The summed E-state index contributed by atoms with van der Waals surface area (Å²) in [5, 5.41) is 10.5. The maximum atomic E-state index is 10.5. The molecule has 0 spiro atoms. The smallest absolute Gasteiger partial charge is 0.119 e. The van der Waals surface area contributed by atoms with Gasteiger partial charge in [0.15, 0.2) is 0 Å². The van der Waals surface area contributed by atoms with Gasteiger partial charge in [0.25, 0.3) is 0 Å². The summed E-state index contributed by atoms with van der Waals surface area (Å²) in [4.78, 5) is 10.5. The van der Waals surface area contributed by atoms with Crippen LogP contribution in [0.3, 0.4) is 0 Å². The quantitative estimate of drug-likeness (QED) is 0.659. The van der Waals surface area contributed by atoms with E-state index in [0.29, 0.717) is 19.0 Å². The van der Waals surface area contributed by atoms with E-state index in [-0.39, 0.29) is 11.7 Å². The molecule has 0 amide bonds. The molecule has 4 heteroatoms. The van der Waals surface area contributed by atoms with E-state index in [2.05, 4.69) is 6.92 Å². The first-order valence-corrected chi connectivity index (χ1v) is 6.19. The summed E-state index contributed by atoms with van der Waals surface area (Å²) in [5.74, 6) is -0.521. The highest BCUT2D eigenvalue weighted by Gasteiger charge is 1.99. The van der Waals surface area contributed by atoms with Gasteiger partial charge >= 0.3 is 0 Å². The monoisotopic (exact) mass is 251 g/mol. The lowest BCUT2D eigenvalue weighted by Crippen LogP contribution is -2.21. The van der Waals surface area contributed by atoms with E-state index in [1.54, 1.807) is 12.1 Å². The highest BCUT2D eigenvalue weighted by atomic mass is 16.5. The van der Waals surface area contributed by atoms with Gasteiger partial charge in [-0.3, -0.25) is 0 Å². The Hall–Kier alpha value is -1.55. The van der Waals surface area contributed by atoms with Crippen LogP contribution in [0.5, 0.6) is 5.75 Å². The molecule has 1 aromatic carbocycles. The zero-order chi connectivity index (χ0) is 13.4. The van der Waals surface area contributed by atoms with Crippen molar-refractivity contribution in [1.29, 1.82) is 0 Å². The largest absolute Gasteiger partial charge is 0.545 e. The third-order valence-electron chi connectivity index (χ3n) is 2.62. The number of hydrogen-bond acceptors (Lipinski definition) is 4. The fraction of sp³-hybridized carbons (Fsp3) is 0.500. The second-order valence-corrected chi connectivity index (χ2v) is 4.10. The highest BCUT2D eigenvalue weighted by molar-refractivity contribution is 5.85. The van der Waals surface area contributed by atoms with Gasteiger partial charge in [-0.1, -0.05) is 6.92 Å². The van der Waals surface area contributed by atoms with E-state index < -0.39 is 5.97 Å². The van der Waals surface area contributed by atoms with Crippen LogP contribution in [0, 0.1) is 0 Å². The number of aromatic carboxylic acids is 1. The summed E-state index contributed by atoms with van der Waals surface area (Å²) in [6, 6.07) is 6.20. The van der Waals surface area contributed by atoms with Crippen molar-refractivity contribution in [3.63, 3.8) is 0 Å². The van der Waals surface area contributed by atoms with Crippen molar-refractivity contribution in [2.24, 2.45) is 0 Å². The molecule has 18 heavy (non-hydrogen) atoms. The molecule has 0 aliphatic rings. The van der Waals surface area contributed by atoms with Gasteiger partial charge in [-0.05, 0) is 43.2 Å². The third kappa shape index (κ3) is 5.19. The summed E-state index contributed by atoms with van der Waals surface area (Å²) in [6.45, 7) is 5.35. The average Bonchev–Trinajstić information content (AvgIpc) is 2.38. The van der Waals surface area contributed by atoms with Crippen LogP contribution in [-0.4, -0.2) is 25.3 Å². The predicted molar refractivity (Wildman–Crippen MR) is 66.6 cm³/mol. The SMILES string of the molecule is CCC(C)OCCCOc1ccc(C(=O)[O-])cc1. The fourth-order valence-corrected chi connectivity index (χ4v) is 1.34. The Morgan fingerprint density at radius 2 is 1.94 bits per heavy atom. The molecule has 0 N–H and O–H groups in total. The maximum absolute atomic E-state index is 10.5. The molecule has 0 saturated carbocycles. The maximum Gasteiger partial charge on any atom is 0.119 e. The third-order valence-corrected chi connectivity index (χ3v) is 2.62. The summed E-state index contributed by atoms with van der Waals surface area (Å²) >= 11 is 0. The molecule has 1 aromatic rings. The summed E-state index contributed by atoms with van der Waals surface area (Å²) < 4.78 is 11.0. The van der Waals surface area contributed by atoms with E-state index in [4.69, 9.17) is 9.47 Å². The minimum atomic E-state index is -1.18. The molecule has 0 bridgehead atoms. The summed E-state index contributed by atoms with van der Waals surface area (Å²) in [7, 11) is 0. The first-order valence-electron chi connectivity index (χ1n) is 6.19. The van der Waals surface area contributed by atoms with E-state index in [9.17, 15) is 9.90 Å². The molecule has 0 aliphatic carbocycles. The molecular formula is C14H19O4-. The number of benzene rings is 1. The summed E-state index contributed by atoms with van der Waals surface area (Å²) in [6.07, 6.45) is 2.10. The van der Waals surface area contributed by atoms with Crippen molar-refractivity contribution in [2.45, 2.75) is 32.8 Å². The van der Waals surface area contributed by atoms with E-state index in [1.165, 1.54) is 12.1 Å². The molecule has 0 aromatic heterocycles. The lowest BCUT2D eigenvalue weighted by Gasteiger charge is -2.11. The lowest BCUT2D eigenvalue weighted by atomic mass is 10.2. The van der Waals surface area contributed by atoms with Crippen LogP contribution in [0.4, 0.5) is 0 Å². The van der Waals surface area contributed by atoms with Gasteiger partial charge in [-0.15, -0.1) is 0 Å². The first kappa shape index (κ1) is 14.5. The van der Waals surface area contributed by atoms with Gasteiger partial charge in [0.2, 0.25) is 0 Å². The van der Waals surface area contributed by atoms with Crippen molar-refractivity contribution < 1.29 is 19.4 Å². The van der Waals surface area contributed by atoms with Crippen LogP contribution in [0.2, 0.25) is 0 Å². The zero-order valence-electron chi connectivity index (χ0n) is 10.8. The number of rotatable bonds is 8. The van der Waals surface area contributed by atoms with E-state index in [1.807, 2.05) is 6.92 Å². The van der Waals surface area contributed by atoms with Gasteiger partial charge in [0, 0.05) is 6.42 Å². The number of carbonyl (C=O) groups is 1. The van der Waals surface area contributed by atoms with Crippen molar-refractivity contribution in [3.8, 4) is 5.75 Å². The Kier molecular flexibility index (Phi) is 6.22. The minimum Gasteiger partial charge on any atom is -0.545 e. The van der Waals surface area contributed by atoms with Gasteiger partial charge in [-0.2, -0.15) is 0 Å². The van der Waals surface area contributed by atoms with Crippen LogP contribution in [-0.2, 0) is 4.74 Å². The van der Waals surface area contributed by atoms with Crippen LogP contribution < -0.4 is 9.84 Å². The Bertz CT molecular complexity index is 359. The topological polar surface area (TPSA) is 58.6 Å². The predicted octanol–water partition coefficient (Wildman–Crippen LogP) is 1.63. The van der Waals surface area contributed by atoms with Gasteiger partial charge in [-0.25, -0.2) is 0 Å². The molecular weight excluding hydrogens is 232 g/mol. The molecule has 1 unspecified atom stereocenters.